The number of nitrogens with zero attached hydrogens (tertiary/aromatic N) is 1. The number of halogens is 2. The molecule has 2 atom stereocenters. The van der Waals surface area contributed by atoms with Gasteiger partial charge in [-0.3, -0.25) is 0 Å². The molecule has 2 nitrogen and oxygen atoms in total. The fourth-order valence-corrected chi connectivity index (χ4v) is 4.22. The molecule has 1 fully saturated rings. The van der Waals surface area contributed by atoms with Gasteiger partial charge in [-0.05, 0) is 44.3 Å². The van der Waals surface area contributed by atoms with E-state index in [4.69, 9.17) is 0 Å². The lowest BCUT2D eigenvalue weighted by molar-refractivity contribution is 0.218. The van der Waals surface area contributed by atoms with E-state index >= 15 is 0 Å². The summed E-state index contributed by atoms with van der Waals surface area (Å²) in [6.07, 6.45) is 0.720. The van der Waals surface area contributed by atoms with E-state index < -0.39 is 0 Å². The van der Waals surface area contributed by atoms with Gasteiger partial charge in [0.15, 0.2) is 0 Å². The quantitative estimate of drug-likeness (QED) is 0.902. The van der Waals surface area contributed by atoms with Crippen LogP contribution in [0.15, 0.2) is 22.7 Å². The van der Waals surface area contributed by atoms with Crippen LogP contribution >= 0.6 is 27.7 Å². The van der Waals surface area contributed by atoms with Crippen molar-refractivity contribution < 1.29 is 4.39 Å². The average Bonchev–Trinajstić information content (AvgIpc) is 2.41. The highest BCUT2D eigenvalue weighted by atomic mass is 79.9. The lowest BCUT2D eigenvalue weighted by atomic mass is 9.99. The summed E-state index contributed by atoms with van der Waals surface area (Å²) in [7, 11) is 4.12. The molecule has 0 bridgehead atoms. The number of thioether (sulfide) groups is 1. The number of likely N-dealkylation sites (N-methyl/N-ethyl adjacent to an activating group) is 2. The predicted molar refractivity (Wildman–Crippen MR) is 84.4 cm³/mol. The number of hydrogen-bond donors (Lipinski definition) is 1. The minimum absolute atomic E-state index is 0.116. The van der Waals surface area contributed by atoms with Gasteiger partial charge in [0.1, 0.15) is 5.82 Å². The first-order valence-corrected chi connectivity index (χ1v) is 8.45. The lowest BCUT2D eigenvalue weighted by Crippen LogP contribution is -2.52. The number of hydrogen-bond acceptors (Lipinski definition) is 3. The molecule has 1 aromatic rings. The van der Waals surface area contributed by atoms with Gasteiger partial charge in [-0.15, -0.1) is 0 Å². The maximum atomic E-state index is 13.9. The minimum atomic E-state index is -0.116. The second kappa shape index (κ2) is 7.07. The first-order valence-electron chi connectivity index (χ1n) is 6.51. The van der Waals surface area contributed by atoms with Crippen molar-refractivity contribution in [3.8, 4) is 0 Å². The number of benzene rings is 1. The van der Waals surface area contributed by atoms with Crippen LogP contribution < -0.4 is 5.32 Å². The maximum absolute atomic E-state index is 13.9. The maximum Gasteiger partial charge on any atom is 0.126 e. The molecule has 0 spiro atoms. The van der Waals surface area contributed by atoms with Crippen molar-refractivity contribution in [2.75, 3.05) is 32.1 Å². The third-order valence-corrected chi connectivity index (χ3v) is 5.27. The molecule has 2 rings (SSSR count). The normalized spacial score (nSPS) is 22.4. The summed E-state index contributed by atoms with van der Waals surface area (Å²) in [4.78, 5) is 2.38. The van der Waals surface area contributed by atoms with E-state index in [9.17, 15) is 4.39 Å². The number of nitrogens with one attached hydrogen (secondary N) is 1. The third kappa shape index (κ3) is 3.94. The predicted octanol–water partition coefficient (Wildman–Crippen LogP) is 2.77. The highest BCUT2D eigenvalue weighted by Crippen LogP contribution is 2.22. The smallest absolute Gasteiger partial charge is 0.126 e. The highest BCUT2D eigenvalue weighted by Gasteiger charge is 2.27. The van der Waals surface area contributed by atoms with E-state index in [1.165, 1.54) is 11.8 Å². The third-order valence-electron chi connectivity index (χ3n) is 3.73. The van der Waals surface area contributed by atoms with Gasteiger partial charge in [0.2, 0.25) is 0 Å². The van der Waals surface area contributed by atoms with E-state index in [1.54, 1.807) is 6.07 Å². The monoisotopic (exact) mass is 346 g/mol. The Balaban J connectivity index is 2.11. The Hall–Kier alpha value is -0.100. The van der Waals surface area contributed by atoms with Gasteiger partial charge in [-0.1, -0.05) is 15.9 Å². The van der Waals surface area contributed by atoms with Crippen molar-refractivity contribution in [1.82, 2.24) is 10.2 Å². The first-order chi connectivity index (χ1) is 9.11. The van der Waals surface area contributed by atoms with Crippen molar-refractivity contribution in [3.05, 3.63) is 34.1 Å². The largest absolute Gasteiger partial charge is 0.315 e. The molecule has 19 heavy (non-hydrogen) atoms. The van der Waals surface area contributed by atoms with Gasteiger partial charge >= 0.3 is 0 Å². The van der Waals surface area contributed by atoms with Crippen LogP contribution in [0.1, 0.15) is 5.56 Å². The summed E-state index contributed by atoms with van der Waals surface area (Å²) in [5.74, 6) is 2.18. The Labute approximate surface area is 127 Å². The lowest BCUT2D eigenvalue weighted by Gasteiger charge is -2.37. The fourth-order valence-electron chi connectivity index (χ4n) is 2.50. The van der Waals surface area contributed by atoms with E-state index in [0.717, 1.165) is 28.8 Å². The van der Waals surface area contributed by atoms with E-state index in [0.29, 0.717) is 6.04 Å². The Kier molecular flexibility index (Phi) is 5.69. The van der Waals surface area contributed by atoms with Crippen LogP contribution in [0.2, 0.25) is 0 Å². The topological polar surface area (TPSA) is 15.3 Å². The summed E-state index contributed by atoms with van der Waals surface area (Å²) in [5.41, 5.74) is 0.776. The molecule has 2 unspecified atom stereocenters. The van der Waals surface area contributed by atoms with Gasteiger partial charge in [-0.2, -0.15) is 11.8 Å². The highest BCUT2D eigenvalue weighted by molar-refractivity contribution is 9.10. The van der Waals surface area contributed by atoms with Crippen LogP contribution in [-0.2, 0) is 6.42 Å². The molecule has 0 saturated carbocycles. The molecule has 106 valence electrons. The Bertz CT molecular complexity index is 430. The summed E-state index contributed by atoms with van der Waals surface area (Å²) in [5, 5.41) is 3.36. The standard InChI is InChI=1S/C14H20BrFN2S/c1-17-13(14-9-19-6-5-18(14)2)8-10-7-11(15)3-4-12(10)16/h3-4,7,13-14,17H,5-6,8-9H2,1-2H3. The fraction of sp³-hybridized carbons (Fsp3) is 0.571. The Morgan fingerprint density at radius 3 is 3.05 bits per heavy atom. The van der Waals surface area contributed by atoms with Crippen molar-refractivity contribution in [1.29, 1.82) is 0 Å². The molecule has 1 aliphatic heterocycles. The van der Waals surface area contributed by atoms with E-state index in [1.807, 2.05) is 24.9 Å². The van der Waals surface area contributed by atoms with Gasteiger partial charge in [0, 0.05) is 34.6 Å². The number of rotatable bonds is 4. The molecule has 0 aliphatic carbocycles. The van der Waals surface area contributed by atoms with Crippen molar-refractivity contribution >= 4 is 27.7 Å². The van der Waals surface area contributed by atoms with Crippen LogP contribution in [0.3, 0.4) is 0 Å². The molecule has 5 heteroatoms. The van der Waals surface area contributed by atoms with Crippen LogP contribution in [0, 0.1) is 5.82 Å². The summed E-state index contributed by atoms with van der Waals surface area (Å²) in [6.45, 7) is 1.11. The van der Waals surface area contributed by atoms with E-state index in [-0.39, 0.29) is 11.9 Å². The summed E-state index contributed by atoms with van der Waals surface area (Å²) in [6, 6.07) is 5.90. The molecule has 1 saturated heterocycles. The first kappa shape index (κ1) is 15.3. The van der Waals surface area contributed by atoms with Crippen molar-refractivity contribution in [2.24, 2.45) is 0 Å². The zero-order chi connectivity index (χ0) is 13.8. The van der Waals surface area contributed by atoms with E-state index in [2.05, 4.69) is 33.2 Å². The SMILES string of the molecule is CNC(Cc1cc(Br)ccc1F)C1CSCCN1C. The molecule has 1 heterocycles. The Morgan fingerprint density at radius 1 is 1.58 bits per heavy atom. The zero-order valence-corrected chi connectivity index (χ0v) is 13.7. The van der Waals surface area contributed by atoms with Gasteiger partial charge in [-0.25, -0.2) is 4.39 Å². The minimum Gasteiger partial charge on any atom is -0.315 e. The van der Waals surface area contributed by atoms with Crippen LogP contribution in [0.4, 0.5) is 4.39 Å². The molecule has 0 radical (unpaired) electrons. The second-order valence-electron chi connectivity index (χ2n) is 4.96. The molecular weight excluding hydrogens is 327 g/mol. The molecule has 1 aromatic carbocycles. The zero-order valence-electron chi connectivity index (χ0n) is 11.3. The van der Waals surface area contributed by atoms with Crippen molar-refractivity contribution in [3.63, 3.8) is 0 Å². The van der Waals surface area contributed by atoms with Crippen LogP contribution in [0.5, 0.6) is 0 Å². The molecular formula is C14H20BrFN2S. The Morgan fingerprint density at radius 2 is 2.37 bits per heavy atom. The molecule has 1 N–H and O–H groups in total. The van der Waals surface area contributed by atoms with Crippen molar-refractivity contribution in [2.45, 2.75) is 18.5 Å². The van der Waals surface area contributed by atoms with Gasteiger partial charge in [0.05, 0.1) is 0 Å². The second-order valence-corrected chi connectivity index (χ2v) is 7.02. The van der Waals surface area contributed by atoms with Crippen LogP contribution in [0.25, 0.3) is 0 Å². The van der Waals surface area contributed by atoms with Gasteiger partial charge < -0.3 is 10.2 Å². The molecule has 1 aliphatic rings. The van der Waals surface area contributed by atoms with Crippen LogP contribution in [-0.4, -0.2) is 49.1 Å². The molecule has 0 aromatic heterocycles. The van der Waals surface area contributed by atoms with Gasteiger partial charge in [0.25, 0.3) is 0 Å². The summed E-state index contributed by atoms with van der Waals surface area (Å²) >= 11 is 5.40. The average molecular weight is 347 g/mol. The molecule has 0 amide bonds. The summed E-state index contributed by atoms with van der Waals surface area (Å²) < 4.78 is 14.8.